The van der Waals surface area contributed by atoms with E-state index in [0.717, 1.165) is 71.9 Å². The lowest BCUT2D eigenvalue weighted by Gasteiger charge is -2.38. The predicted molar refractivity (Wildman–Crippen MR) is 149 cm³/mol. The fraction of sp³-hybridized carbons (Fsp3) is 0.323. The molecule has 1 aromatic heterocycles. The highest BCUT2D eigenvalue weighted by atomic mass is 35.5. The Morgan fingerprint density at radius 3 is 2.14 bits per heavy atom. The summed E-state index contributed by atoms with van der Waals surface area (Å²) in [4.78, 5) is 5.25. The highest BCUT2D eigenvalue weighted by Gasteiger charge is 2.27. The third-order valence-corrected chi connectivity index (χ3v) is 8.23. The van der Waals surface area contributed by atoms with E-state index >= 15 is 0 Å². The number of hydrogen-bond donors (Lipinski definition) is 0. The van der Waals surface area contributed by atoms with Gasteiger partial charge in [-0.05, 0) is 54.3 Å². The van der Waals surface area contributed by atoms with Crippen molar-refractivity contribution < 1.29 is 4.39 Å². The van der Waals surface area contributed by atoms with Gasteiger partial charge in [0.15, 0.2) is 0 Å². The SMILES string of the molecule is Fc1ccc(-c2ccc(-n3ncc(CN4CCN(C5CCCC5)CC4)c3-c3ccccc3Cl)cc2)cc1. The molecule has 1 aliphatic carbocycles. The van der Waals surface area contributed by atoms with Gasteiger partial charge in [0.05, 0.1) is 17.6 Å². The predicted octanol–water partition coefficient (Wildman–Crippen LogP) is 7.06. The lowest BCUT2D eigenvalue weighted by Crippen LogP contribution is -2.49. The Morgan fingerprint density at radius 1 is 0.811 bits per heavy atom. The van der Waals surface area contributed by atoms with Gasteiger partial charge < -0.3 is 0 Å². The van der Waals surface area contributed by atoms with Gasteiger partial charge >= 0.3 is 0 Å². The summed E-state index contributed by atoms with van der Waals surface area (Å²) in [6.07, 6.45) is 7.49. The van der Waals surface area contributed by atoms with E-state index in [4.69, 9.17) is 16.7 Å². The maximum absolute atomic E-state index is 13.4. The zero-order valence-electron chi connectivity index (χ0n) is 21.0. The van der Waals surface area contributed by atoms with Crippen molar-refractivity contribution in [3.63, 3.8) is 0 Å². The normalized spacial score (nSPS) is 17.5. The van der Waals surface area contributed by atoms with Crippen molar-refractivity contribution in [1.82, 2.24) is 19.6 Å². The van der Waals surface area contributed by atoms with Crippen LogP contribution in [0.15, 0.2) is 79.0 Å². The molecule has 0 spiro atoms. The second-order valence-corrected chi connectivity index (χ2v) is 10.6. The molecule has 4 nitrogen and oxygen atoms in total. The highest BCUT2D eigenvalue weighted by molar-refractivity contribution is 6.33. The molecule has 0 N–H and O–H groups in total. The maximum Gasteiger partial charge on any atom is 0.123 e. The number of piperazine rings is 1. The summed E-state index contributed by atoms with van der Waals surface area (Å²) in [5.74, 6) is -0.228. The monoisotopic (exact) mass is 514 g/mol. The van der Waals surface area contributed by atoms with E-state index in [0.29, 0.717) is 0 Å². The summed E-state index contributed by atoms with van der Waals surface area (Å²) in [7, 11) is 0. The third-order valence-electron chi connectivity index (χ3n) is 7.91. The minimum atomic E-state index is -0.228. The van der Waals surface area contributed by atoms with Crippen LogP contribution in [0.4, 0.5) is 4.39 Å². The number of aromatic nitrogens is 2. The lowest BCUT2D eigenvalue weighted by molar-refractivity contribution is 0.0938. The van der Waals surface area contributed by atoms with Crippen LogP contribution in [0.2, 0.25) is 5.02 Å². The summed E-state index contributed by atoms with van der Waals surface area (Å²) in [5, 5.41) is 5.55. The maximum atomic E-state index is 13.4. The first-order valence-corrected chi connectivity index (χ1v) is 13.7. The number of hydrogen-bond acceptors (Lipinski definition) is 3. The van der Waals surface area contributed by atoms with Gasteiger partial charge in [0.1, 0.15) is 5.82 Å². The van der Waals surface area contributed by atoms with Gasteiger partial charge in [-0.1, -0.05) is 66.9 Å². The molecule has 1 saturated carbocycles. The first kappa shape index (κ1) is 24.4. The van der Waals surface area contributed by atoms with Crippen molar-refractivity contribution in [2.24, 2.45) is 0 Å². The quantitative estimate of drug-likeness (QED) is 0.275. The molecule has 6 rings (SSSR count). The molecule has 6 heteroatoms. The van der Waals surface area contributed by atoms with Crippen LogP contribution >= 0.6 is 11.6 Å². The standard InChI is InChI=1S/C31H32ClFN4/c32-30-8-4-3-7-29(30)31-25(22-35-17-19-36(20-18-35)27-5-1-2-6-27)21-34-37(31)28-15-11-24(12-16-28)23-9-13-26(33)14-10-23/h3-4,7-16,21,27H,1-2,5-6,17-20,22H2. The number of rotatable bonds is 6. The summed E-state index contributed by atoms with van der Waals surface area (Å²) < 4.78 is 15.4. The molecule has 1 aliphatic heterocycles. The largest absolute Gasteiger partial charge is 0.298 e. The van der Waals surface area contributed by atoms with Crippen LogP contribution in [0.1, 0.15) is 31.2 Å². The van der Waals surface area contributed by atoms with E-state index in [-0.39, 0.29) is 5.82 Å². The zero-order chi connectivity index (χ0) is 25.2. The van der Waals surface area contributed by atoms with Crippen LogP contribution in [0.5, 0.6) is 0 Å². The van der Waals surface area contributed by atoms with Gasteiger partial charge in [0, 0.05) is 54.9 Å². The Morgan fingerprint density at radius 2 is 1.46 bits per heavy atom. The molecule has 0 bridgehead atoms. The van der Waals surface area contributed by atoms with E-state index in [1.54, 1.807) is 12.1 Å². The molecule has 0 amide bonds. The molecule has 37 heavy (non-hydrogen) atoms. The lowest BCUT2D eigenvalue weighted by atomic mass is 10.0. The Hall–Kier alpha value is -2.99. The molecular weight excluding hydrogens is 483 g/mol. The number of halogens is 2. The third kappa shape index (κ3) is 5.22. The average Bonchev–Trinajstić information content (AvgIpc) is 3.61. The van der Waals surface area contributed by atoms with Crippen molar-refractivity contribution in [2.45, 2.75) is 38.3 Å². The summed E-state index contributed by atoms with van der Waals surface area (Å²) in [5.41, 5.74) is 6.21. The Kier molecular flexibility index (Phi) is 7.10. The number of nitrogens with zero attached hydrogens (tertiary/aromatic N) is 4. The molecule has 4 aromatic rings. The topological polar surface area (TPSA) is 24.3 Å². The van der Waals surface area contributed by atoms with E-state index in [1.165, 1.54) is 43.4 Å². The first-order valence-electron chi connectivity index (χ1n) is 13.3. The highest BCUT2D eigenvalue weighted by Crippen LogP contribution is 2.34. The van der Waals surface area contributed by atoms with Crippen LogP contribution in [-0.4, -0.2) is 51.8 Å². The van der Waals surface area contributed by atoms with E-state index < -0.39 is 0 Å². The van der Waals surface area contributed by atoms with Crippen LogP contribution in [0, 0.1) is 5.82 Å². The van der Waals surface area contributed by atoms with Crippen LogP contribution in [0.25, 0.3) is 28.1 Å². The molecule has 190 valence electrons. The van der Waals surface area contributed by atoms with Crippen molar-refractivity contribution in [2.75, 3.05) is 26.2 Å². The number of benzene rings is 3. The van der Waals surface area contributed by atoms with Gasteiger partial charge in [-0.25, -0.2) is 9.07 Å². The molecule has 3 aromatic carbocycles. The van der Waals surface area contributed by atoms with Crippen molar-refractivity contribution >= 4 is 11.6 Å². The first-order chi connectivity index (χ1) is 18.2. The van der Waals surface area contributed by atoms with E-state index in [2.05, 4.69) is 40.1 Å². The summed E-state index contributed by atoms with van der Waals surface area (Å²) in [6.45, 7) is 5.30. The van der Waals surface area contributed by atoms with Gasteiger partial charge in [0.25, 0.3) is 0 Å². The minimum absolute atomic E-state index is 0.228. The summed E-state index contributed by atoms with van der Waals surface area (Å²) >= 11 is 6.71. The molecule has 1 saturated heterocycles. The fourth-order valence-corrected chi connectivity index (χ4v) is 6.09. The van der Waals surface area contributed by atoms with Crippen LogP contribution in [-0.2, 0) is 6.54 Å². The smallest absolute Gasteiger partial charge is 0.123 e. The average molecular weight is 515 g/mol. The minimum Gasteiger partial charge on any atom is -0.298 e. The van der Waals surface area contributed by atoms with Gasteiger partial charge in [-0.2, -0.15) is 5.10 Å². The van der Waals surface area contributed by atoms with Crippen molar-refractivity contribution in [3.05, 3.63) is 95.4 Å². The van der Waals surface area contributed by atoms with Crippen LogP contribution in [0.3, 0.4) is 0 Å². The Labute approximate surface area is 223 Å². The molecule has 2 heterocycles. The second-order valence-electron chi connectivity index (χ2n) is 10.2. The van der Waals surface area contributed by atoms with Gasteiger partial charge in [-0.15, -0.1) is 0 Å². The summed E-state index contributed by atoms with van der Waals surface area (Å²) in [6, 6.07) is 23.6. The fourth-order valence-electron chi connectivity index (χ4n) is 5.87. The molecule has 0 unspecified atom stereocenters. The van der Waals surface area contributed by atoms with E-state index in [9.17, 15) is 4.39 Å². The van der Waals surface area contributed by atoms with Crippen molar-refractivity contribution in [1.29, 1.82) is 0 Å². The van der Waals surface area contributed by atoms with Gasteiger partial charge in [-0.3, -0.25) is 9.80 Å². The molecule has 0 atom stereocenters. The molecule has 0 radical (unpaired) electrons. The molecule has 2 fully saturated rings. The molecular formula is C31H32ClFN4. The zero-order valence-corrected chi connectivity index (χ0v) is 21.7. The molecule has 2 aliphatic rings. The van der Waals surface area contributed by atoms with Gasteiger partial charge in [0.2, 0.25) is 0 Å². The van der Waals surface area contributed by atoms with Crippen LogP contribution < -0.4 is 0 Å². The Bertz CT molecular complexity index is 1330. The Balaban J connectivity index is 1.27. The van der Waals surface area contributed by atoms with E-state index in [1.807, 2.05) is 29.1 Å². The second kappa shape index (κ2) is 10.8. The van der Waals surface area contributed by atoms with Crippen molar-refractivity contribution in [3.8, 4) is 28.1 Å².